The summed E-state index contributed by atoms with van der Waals surface area (Å²) in [5.74, 6) is -0.794. The summed E-state index contributed by atoms with van der Waals surface area (Å²) in [6.45, 7) is 5.18. The quantitative estimate of drug-likeness (QED) is 0.405. The molecule has 0 aliphatic heterocycles. The predicted molar refractivity (Wildman–Crippen MR) is 107 cm³/mol. The van der Waals surface area contributed by atoms with Gasteiger partial charge in [0.15, 0.2) is 0 Å². The van der Waals surface area contributed by atoms with E-state index in [1.807, 2.05) is 76.0 Å². The average Bonchev–Trinajstić information content (AvgIpc) is 2.52. The smallest absolute Gasteiger partial charge is 0.312 e. The van der Waals surface area contributed by atoms with Crippen LogP contribution in [0.2, 0.25) is 0 Å². The fraction of sp³-hybridized carbons (Fsp3) is 0.889. The molecule has 0 aliphatic carbocycles. The largest absolute Gasteiger partial charge is 0.332 e. The first-order valence-corrected chi connectivity index (χ1v) is 9.21. The lowest BCUT2D eigenvalue weighted by Crippen LogP contribution is -2.51. The molecule has 0 radical (unpaired) electrons. The first kappa shape index (κ1) is 24.8. The molecule has 2 amide bonds. The van der Waals surface area contributed by atoms with Gasteiger partial charge in [0, 0.05) is 52.4 Å². The van der Waals surface area contributed by atoms with E-state index in [0.717, 1.165) is 26.2 Å². The summed E-state index contributed by atoms with van der Waals surface area (Å²) in [4.78, 5) is 37.2. The fourth-order valence-corrected chi connectivity index (χ4v) is 2.18. The Morgan fingerprint density at radius 1 is 0.423 bits per heavy atom. The molecule has 0 rings (SSSR count). The van der Waals surface area contributed by atoms with E-state index in [1.165, 1.54) is 0 Å². The summed E-state index contributed by atoms with van der Waals surface area (Å²) in [6.07, 6.45) is 0. The fourth-order valence-electron chi connectivity index (χ4n) is 2.18. The topological polar surface area (TPSA) is 53.6 Å². The van der Waals surface area contributed by atoms with E-state index in [2.05, 4.69) is 0 Å². The summed E-state index contributed by atoms with van der Waals surface area (Å²) < 4.78 is 0. The molecular formula is C18H40N6O2. The van der Waals surface area contributed by atoms with Crippen molar-refractivity contribution in [3.8, 4) is 0 Å². The zero-order valence-electron chi connectivity index (χ0n) is 18.2. The molecular weight excluding hydrogens is 332 g/mol. The Bertz CT molecular complexity index is 350. The molecule has 0 fully saturated rings. The Balaban J connectivity index is 5.06. The van der Waals surface area contributed by atoms with Gasteiger partial charge in [-0.25, -0.2) is 0 Å². The van der Waals surface area contributed by atoms with Crippen molar-refractivity contribution >= 4 is 11.8 Å². The van der Waals surface area contributed by atoms with Crippen LogP contribution in [-0.2, 0) is 9.59 Å². The van der Waals surface area contributed by atoms with E-state index in [9.17, 15) is 9.59 Å². The molecule has 0 aliphatic rings. The highest BCUT2D eigenvalue weighted by molar-refractivity contribution is 6.34. The molecule has 0 atom stereocenters. The third kappa shape index (κ3) is 11.4. The monoisotopic (exact) mass is 372 g/mol. The molecule has 0 unspecified atom stereocenters. The zero-order chi connectivity index (χ0) is 20.3. The maximum atomic E-state index is 12.9. The first-order valence-electron chi connectivity index (χ1n) is 9.21. The zero-order valence-corrected chi connectivity index (χ0v) is 18.2. The minimum atomic E-state index is -0.397. The summed E-state index contributed by atoms with van der Waals surface area (Å²) in [7, 11) is 15.8. The van der Waals surface area contributed by atoms with Crippen LogP contribution in [0, 0.1) is 0 Å². The molecule has 0 aromatic heterocycles. The van der Waals surface area contributed by atoms with Gasteiger partial charge in [-0.2, -0.15) is 0 Å². The van der Waals surface area contributed by atoms with E-state index in [-0.39, 0.29) is 0 Å². The van der Waals surface area contributed by atoms with Crippen molar-refractivity contribution < 1.29 is 9.59 Å². The number of carbonyl (C=O) groups is 2. The maximum Gasteiger partial charge on any atom is 0.312 e. The molecule has 26 heavy (non-hydrogen) atoms. The lowest BCUT2D eigenvalue weighted by molar-refractivity contribution is -0.152. The number of nitrogens with zero attached hydrogens (tertiary/aromatic N) is 6. The number of carbonyl (C=O) groups excluding carboxylic acids is 2. The first-order chi connectivity index (χ1) is 12.0. The average molecular weight is 373 g/mol. The summed E-state index contributed by atoms with van der Waals surface area (Å²) in [5.41, 5.74) is 0. The second-order valence-corrected chi connectivity index (χ2v) is 7.80. The van der Waals surface area contributed by atoms with Crippen molar-refractivity contribution in [2.75, 3.05) is 109 Å². The minimum Gasteiger partial charge on any atom is -0.332 e. The molecule has 0 saturated heterocycles. The van der Waals surface area contributed by atoms with Crippen LogP contribution in [0.1, 0.15) is 0 Å². The van der Waals surface area contributed by atoms with Crippen LogP contribution in [-0.4, -0.2) is 150 Å². The van der Waals surface area contributed by atoms with Gasteiger partial charge in [0.25, 0.3) is 0 Å². The van der Waals surface area contributed by atoms with Gasteiger partial charge in [0.05, 0.1) is 0 Å². The Hall–Kier alpha value is -1.22. The van der Waals surface area contributed by atoms with Crippen LogP contribution in [0.5, 0.6) is 0 Å². The molecule has 154 valence electrons. The Kier molecular flexibility index (Phi) is 12.4. The predicted octanol–water partition coefficient (Wildman–Crippen LogP) is -1.11. The van der Waals surface area contributed by atoms with Crippen molar-refractivity contribution in [3.63, 3.8) is 0 Å². The second-order valence-electron chi connectivity index (χ2n) is 7.80. The van der Waals surface area contributed by atoms with Crippen LogP contribution in [0.3, 0.4) is 0 Å². The van der Waals surface area contributed by atoms with Gasteiger partial charge in [-0.05, 0) is 56.4 Å². The highest BCUT2D eigenvalue weighted by Gasteiger charge is 2.27. The van der Waals surface area contributed by atoms with Gasteiger partial charge in [-0.1, -0.05) is 0 Å². The molecule has 0 N–H and O–H groups in total. The molecule has 0 saturated carbocycles. The number of rotatable bonds is 12. The summed E-state index contributed by atoms with van der Waals surface area (Å²) >= 11 is 0. The van der Waals surface area contributed by atoms with Crippen molar-refractivity contribution in [2.45, 2.75) is 0 Å². The molecule has 0 bridgehead atoms. The van der Waals surface area contributed by atoms with Gasteiger partial charge >= 0.3 is 11.8 Å². The van der Waals surface area contributed by atoms with E-state index in [4.69, 9.17) is 0 Å². The minimum absolute atomic E-state index is 0.397. The van der Waals surface area contributed by atoms with E-state index >= 15 is 0 Å². The second kappa shape index (κ2) is 13.0. The van der Waals surface area contributed by atoms with Crippen molar-refractivity contribution in [3.05, 3.63) is 0 Å². The SMILES string of the molecule is CN(C)CCN(CCN(C)C)C(=O)C(=O)N(CCN(C)C)CCN(C)C. The highest BCUT2D eigenvalue weighted by atomic mass is 16.2. The number of hydrogen-bond donors (Lipinski definition) is 0. The van der Waals surface area contributed by atoms with Gasteiger partial charge in [-0.3, -0.25) is 9.59 Å². The summed E-state index contributed by atoms with van der Waals surface area (Å²) in [5, 5.41) is 0. The molecule has 8 nitrogen and oxygen atoms in total. The third-order valence-electron chi connectivity index (χ3n) is 4.03. The van der Waals surface area contributed by atoms with Crippen molar-refractivity contribution in [1.82, 2.24) is 29.4 Å². The maximum absolute atomic E-state index is 12.9. The molecule has 0 aromatic rings. The molecule has 0 spiro atoms. The van der Waals surface area contributed by atoms with Gasteiger partial charge in [0.1, 0.15) is 0 Å². The van der Waals surface area contributed by atoms with E-state index < -0.39 is 11.8 Å². The van der Waals surface area contributed by atoms with Crippen LogP contribution in [0.4, 0.5) is 0 Å². The standard InChI is InChI=1S/C18H40N6O2/c1-19(2)9-13-23(14-10-20(3)4)17(25)18(26)24(15-11-21(5)6)16-12-22(7)8/h9-16H2,1-8H3. The van der Waals surface area contributed by atoms with Gasteiger partial charge in [0.2, 0.25) is 0 Å². The molecule has 0 aromatic carbocycles. The van der Waals surface area contributed by atoms with Crippen LogP contribution < -0.4 is 0 Å². The Morgan fingerprint density at radius 3 is 0.769 bits per heavy atom. The normalized spacial score (nSPS) is 11.7. The number of amides is 2. The third-order valence-corrected chi connectivity index (χ3v) is 4.03. The molecule has 0 heterocycles. The van der Waals surface area contributed by atoms with E-state index in [0.29, 0.717) is 26.2 Å². The van der Waals surface area contributed by atoms with Crippen molar-refractivity contribution in [1.29, 1.82) is 0 Å². The van der Waals surface area contributed by atoms with Crippen LogP contribution >= 0.6 is 0 Å². The number of hydrogen-bond acceptors (Lipinski definition) is 6. The molecule has 8 heteroatoms. The van der Waals surface area contributed by atoms with Gasteiger partial charge < -0.3 is 29.4 Å². The van der Waals surface area contributed by atoms with Crippen LogP contribution in [0.15, 0.2) is 0 Å². The Labute approximate surface area is 160 Å². The lowest BCUT2D eigenvalue weighted by Gasteiger charge is -2.30. The van der Waals surface area contributed by atoms with E-state index in [1.54, 1.807) is 9.80 Å². The Morgan fingerprint density at radius 2 is 0.615 bits per heavy atom. The van der Waals surface area contributed by atoms with Gasteiger partial charge in [-0.15, -0.1) is 0 Å². The van der Waals surface area contributed by atoms with Crippen LogP contribution in [0.25, 0.3) is 0 Å². The van der Waals surface area contributed by atoms with Crippen molar-refractivity contribution in [2.24, 2.45) is 0 Å². The highest BCUT2D eigenvalue weighted by Crippen LogP contribution is 2.00. The number of likely N-dealkylation sites (N-methyl/N-ethyl adjacent to an activating group) is 4. The lowest BCUT2D eigenvalue weighted by atomic mass is 10.3. The summed E-state index contributed by atoms with van der Waals surface area (Å²) in [6, 6.07) is 0.